The third-order valence-corrected chi connectivity index (χ3v) is 5.28. The zero-order chi connectivity index (χ0) is 18.8. The van der Waals surface area contributed by atoms with Crippen LogP contribution in [-0.2, 0) is 19.3 Å². The summed E-state index contributed by atoms with van der Waals surface area (Å²) in [5, 5.41) is 2.41. The first-order valence-electron chi connectivity index (χ1n) is 9.87. The van der Waals surface area contributed by atoms with E-state index in [4.69, 9.17) is 9.97 Å². The summed E-state index contributed by atoms with van der Waals surface area (Å²) < 4.78 is 0. The van der Waals surface area contributed by atoms with Gasteiger partial charge in [-0.2, -0.15) is 0 Å². The summed E-state index contributed by atoms with van der Waals surface area (Å²) in [5.41, 5.74) is 8.42. The average Bonchev–Trinajstić information content (AvgIpc) is 2.67. The van der Waals surface area contributed by atoms with E-state index < -0.39 is 0 Å². The second-order valence-corrected chi connectivity index (χ2v) is 7.52. The fraction of sp³-hybridized carbons (Fsp3) is 0.280. The van der Waals surface area contributed by atoms with E-state index in [1.54, 1.807) is 0 Å². The molecule has 0 aliphatic heterocycles. The molecule has 0 bridgehead atoms. The summed E-state index contributed by atoms with van der Waals surface area (Å²) in [6.07, 6.45) is 6.42. The first-order valence-corrected chi connectivity index (χ1v) is 9.87. The number of benzene rings is 2. The van der Waals surface area contributed by atoms with Gasteiger partial charge in [0.1, 0.15) is 0 Å². The van der Waals surface area contributed by atoms with Crippen LogP contribution in [0.1, 0.15) is 41.3 Å². The smallest absolute Gasteiger partial charge is 0.0921 e. The highest BCUT2D eigenvalue weighted by Crippen LogP contribution is 2.26. The van der Waals surface area contributed by atoms with Crippen molar-refractivity contribution >= 4 is 21.8 Å². The second kappa shape index (κ2) is 7.48. The summed E-state index contributed by atoms with van der Waals surface area (Å²) in [6.45, 7) is 6.39. The predicted octanol–water partition coefficient (Wildman–Crippen LogP) is 6.14. The summed E-state index contributed by atoms with van der Waals surface area (Å²) >= 11 is 0. The van der Waals surface area contributed by atoms with Crippen LogP contribution in [0.15, 0.2) is 54.7 Å². The van der Waals surface area contributed by atoms with E-state index in [-0.39, 0.29) is 0 Å². The van der Waals surface area contributed by atoms with Gasteiger partial charge >= 0.3 is 0 Å². The molecule has 0 fully saturated rings. The summed E-state index contributed by atoms with van der Waals surface area (Å²) in [4.78, 5) is 9.49. The topological polar surface area (TPSA) is 25.8 Å². The highest BCUT2D eigenvalue weighted by molar-refractivity contribution is 6.05. The van der Waals surface area contributed by atoms with Crippen LogP contribution >= 0.6 is 0 Å². The SMILES string of the molecule is CCCc1ccc(CCc2cnc3c(C)nc4cc(C)ccc4c3c2)cc1. The van der Waals surface area contributed by atoms with Crippen LogP contribution in [0.4, 0.5) is 0 Å². The number of fused-ring (bicyclic) bond motifs is 3. The molecular weight excluding hydrogens is 328 g/mol. The molecule has 2 aromatic carbocycles. The number of hydrogen-bond donors (Lipinski definition) is 0. The Morgan fingerprint density at radius 3 is 2.19 bits per heavy atom. The molecule has 0 radical (unpaired) electrons. The van der Waals surface area contributed by atoms with Crippen molar-refractivity contribution in [1.29, 1.82) is 0 Å². The molecule has 0 spiro atoms. The van der Waals surface area contributed by atoms with E-state index in [0.717, 1.165) is 36.0 Å². The number of aryl methyl sites for hydroxylation is 5. The molecule has 4 aromatic rings. The molecule has 27 heavy (non-hydrogen) atoms. The van der Waals surface area contributed by atoms with Crippen molar-refractivity contribution in [3.8, 4) is 0 Å². The van der Waals surface area contributed by atoms with Gasteiger partial charge in [-0.3, -0.25) is 9.97 Å². The molecule has 4 rings (SSSR count). The molecule has 2 aromatic heterocycles. The Hall–Kier alpha value is -2.74. The zero-order valence-electron chi connectivity index (χ0n) is 16.4. The van der Waals surface area contributed by atoms with Crippen molar-refractivity contribution < 1.29 is 0 Å². The Labute approximate surface area is 161 Å². The van der Waals surface area contributed by atoms with E-state index >= 15 is 0 Å². The van der Waals surface area contributed by atoms with Gasteiger partial charge in [-0.15, -0.1) is 0 Å². The number of aromatic nitrogens is 2. The van der Waals surface area contributed by atoms with Gasteiger partial charge in [0.05, 0.1) is 16.7 Å². The van der Waals surface area contributed by atoms with Crippen molar-refractivity contribution in [1.82, 2.24) is 9.97 Å². The fourth-order valence-electron chi connectivity index (χ4n) is 3.78. The van der Waals surface area contributed by atoms with E-state index in [1.165, 1.54) is 39.4 Å². The highest BCUT2D eigenvalue weighted by Gasteiger charge is 2.08. The van der Waals surface area contributed by atoms with E-state index in [0.29, 0.717) is 0 Å². The Kier molecular flexibility index (Phi) is 4.89. The van der Waals surface area contributed by atoms with Crippen LogP contribution in [0.3, 0.4) is 0 Å². The molecule has 2 heterocycles. The van der Waals surface area contributed by atoms with Gasteiger partial charge in [-0.25, -0.2) is 0 Å². The average molecular weight is 354 g/mol. The molecule has 0 saturated heterocycles. The molecule has 2 heteroatoms. The molecule has 0 atom stereocenters. The van der Waals surface area contributed by atoms with Crippen molar-refractivity contribution in [3.63, 3.8) is 0 Å². The minimum Gasteiger partial charge on any atom is -0.254 e. The normalized spacial score (nSPS) is 11.4. The molecule has 0 aliphatic rings. The Bertz CT molecular complexity index is 1090. The maximum atomic E-state index is 4.75. The highest BCUT2D eigenvalue weighted by atomic mass is 14.8. The van der Waals surface area contributed by atoms with Crippen LogP contribution in [-0.4, -0.2) is 9.97 Å². The fourth-order valence-corrected chi connectivity index (χ4v) is 3.78. The Balaban J connectivity index is 1.63. The van der Waals surface area contributed by atoms with Crippen molar-refractivity contribution in [2.45, 2.75) is 46.5 Å². The zero-order valence-corrected chi connectivity index (χ0v) is 16.4. The van der Waals surface area contributed by atoms with Gasteiger partial charge in [0.15, 0.2) is 0 Å². The first kappa shape index (κ1) is 17.7. The number of hydrogen-bond acceptors (Lipinski definition) is 2. The molecule has 0 amide bonds. The van der Waals surface area contributed by atoms with Crippen LogP contribution in [0, 0.1) is 13.8 Å². The van der Waals surface area contributed by atoms with Gasteiger partial charge in [0.25, 0.3) is 0 Å². The van der Waals surface area contributed by atoms with Crippen LogP contribution in [0.25, 0.3) is 21.8 Å². The van der Waals surface area contributed by atoms with Gasteiger partial charge in [0, 0.05) is 17.0 Å². The van der Waals surface area contributed by atoms with E-state index in [1.807, 2.05) is 6.20 Å². The molecule has 2 nitrogen and oxygen atoms in total. The predicted molar refractivity (Wildman–Crippen MR) is 114 cm³/mol. The standard InChI is InChI=1S/C25H26N2/c1-4-5-19-7-9-20(10-8-19)11-12-21-15-23-22-13-6-17(2)14-24(22)27-18(3)25(23)26-16-21/h6-10,13-16H,4-5,11-12H2,1-3H3. The van der Waals surface area contributed by atoms with Crippen molar-refractivity contribution in [2.24, 2.45) is 0 Å². The van der Waals surface area contributed by atoms with Crippen molar-refractivity contribution in [3.05, 3.63) is 82.7 Å². The first-order chi connectivity index (χ1) is 13.1. The van der Waals surface area contributed by atoms with Gasteiger partial charge in [-0.05, 0) is 67.5 Å². The Morgan fingerprint density at radius 1 is 0.741 bits per heavy atom. The lowest BCUT2D eigenvalue weighted by Gasteiger charge is -2.09. The molecular formula is C25H26N2. The molecule has 0 unspecified atom stereocenters. The lowest BCUT2D eigenvalue weighted by Crippen LogP contribution is -1.96. The minimum absolute atomic E-state index is 1.00. The molecule has 0 saturated carbocycles. The summed E-state index contributed by atoms with van der Waals surface area (Å²) in [6, 6.07) is 17.9. The molecule has 0 N–H and O–H groups in total. The minimum atomic E-state index is 1.00. The largest absolute Gasteiger partial charge is 0.254 e. The van der Waals surface area contributed by atoms with Crippen molar-refractivity contribution in [2.75, 3.05) is 0 Å². The number of pyridine rings is 2. The number of rotatable bonds is 5. The summed E-state index contributed by atoms with van der Waals surface area (Å²) in [7, 11) is 0. The maximum absolute atomic E-state index is 4.75. The lowest BCUT2D eigenvalue weighted by molar-refractivity contribution is 0.913. The van der Waals surface area contributed by atoms with E-state index in [2.05, 4.69) is 69.3 Å². The summed E-state index contributed by atoms with van der Waals surface area (Å²) in [5.74, 6) is 0. The van der Waals surface area contributed by atoms with Crippen LogP contribution in [0.5, 0.6) is 0 Å². The Morgan fingerprint density at radius 2 is 1.44 bits per heavy atom. The van der Waals surface area contributed by atoms with E-state index in [9.17, 15) is 0 Å². The lowest BCUT2D eigenvalue weighted by atomic mass is 10.0. The quantitative estimate of drug-likeness (QED) is 0.402. The third kappa shape index (κ3) is 3.71. The monoisotopic (exact) mass is 354 g/mol. The third-order valence-electron chi connectivity index (χ3n) is 5.28. The van der Waals surface area contributed by atoms with Gasteiger partial charge in [0.2, 0.25) is 0 Å². The van der Waals surface area contributed by atoms with Gasteiger partial charge < -0.3 is 0 Å². The molecule has 136 valence electrons. The maximum Gasteiger partial charge on any atom is 0.0921 e. The van der Waals surface area contributed by atoms with Gasteiger partial charge in [-0.1, -0.05) is 49.7 Å². The van der Waals surface area contributed by atoms with Crippen LogP contribution < -0.4 is 0 Å². The number of nitrogens with zero attached hydrogens (tertiary/aromatic N) is 2. The molecule has 0 aliphatic carbocycles. The van der Waals surface area contributed by atoms with Crippen LogP contribution in [0.2, 0.25) is 0 Å². The second-order valence-electron chi connectivity index (χ2n) is 7.52.